The van der Waals surface area contributed by atoms with Gasteiger partial charge in [-0.15, -0.1) is 0 Å². The highest BCUT2D eigenvalue weighted by Gasteiger charge is 2.58. The number of rotatable bonds is 0. The van der Waals surface area contributed by atoms with Gasteiger partial charge in [-0.05, 0) is 13.8 Å². The quantitative estimate of drug-likeness (QED) is 0.530. The van der Waals surface area contributed by atoms with Crippen LogP contribution in [-0.4, -0.2) is 24.4 Å². The van der Waals surface area contributed by atoms with E-state index >= 15 is 0 Å². The van der Waals surface area contributed by atoms with Crippen molar-refractivity contribution in [3.63, 3.8) is 0 Å². The van der Waals surface area contributed by atoms with E-state index in [0.717, 1.165) is 19.6 Å². The highest BCUT2D eigenvalue weighted by molar-refractivity contribution is 5.07. The summed E-state index contributed by atoms with van der Waals surface area (Å²) in [7, 11) is 0. The van der Waals surface area contributed by atoms with Crippen molar-refractivity contribution < 1.29 is 9.47 Å². The second kappa shape index (κ2) is 1.99. The van der Waals surface area contributed by atoms with Gasteiger partial charge in [0.25, 0.3) is 0 Å². The van der Waals surface area contributed by atoms with E-state index in [4.69, 9.17) is 9.47 Å². The minimum Gasteiger partial charge on any atom is -0.372 e. The minimum atomic E-state index is -0.0208. The molecule has 3 atom stereocenters. The Kier molecular flexibility index (Phi) is 1.37. The van der Waals surface area contributed by atoms with Crippen molar-refractivity contribution in [2.75, 3.05) is 13.2 Å². The molecule has 2 aliphatic rings. The molecular weight excluding hydrogens is 140 g/mol. The van der Waals surface area contributed by atoms with Crippen LogP contribution in [-0.2, 0) is 9.47 Å². The van der Waals surface area contributed by atoms with Gasteiger partial charge < -0.3 is 9.47 Å². The molecule has 0 spiro atoms. The standard InChI is InChI=1S/C9H16O2/c1-7-6-11-8(2)4-5-10-9(7,8)3/h7H,4-6H2,1-3H3/t7-,8-,9-/m1/s1. The van der Waals surface area contributed by atoms with Crippen LogP contribution in [0.3, 0.4) is 0 Å². The molecule has 0 bridgehead atoms. The molecule has 2 saturated heterocycles. The number of fused-ring (bicyclic) bond motifs is 1. The predicted octanol–water partition coefficient (Wildman–Crippen LogP) is 1.59. The molecule has 11 heavy (non-hydrogen) atoms. The van der Waals surface area contributed by atoms with Crippen LogP contribution in [0, 0.1) is 5.92 Å². The fraction of sp³-hybridized carbons (Fsp3) is 1.00. The number of ether oxygens (including phenoxy) is 2. The number of hydrogen-bond donors (Lipinski definition) is 0. The molecular formula is C9H16O2. The van der Waals surface area contributed by atoms with Gasteiger partial charge in [-0.1, -0.05) is 6.92 Å². The van der Waals surface area contributed by atoms with Crippen LogP contribution in [0.25, 0.3) is 0 Å². The average Bonchev–Trinajstić information content (AvgIpc) is 2.34. The molecule has 0 aromatic carbocycles. The lowest BCUT2D eigenvalue weighted by Gasteiger charge is -2.33. The summed E-state index contributed by atoms with van der Waals surface area (Å²) in [5, 5.41) is 0. The molecule has 0 aliphatic carbocycles. The Morgan fingerprint density at radius 2 is 2.00 bits per heavy atom. The molecule has 2 heterocycles. The van der Waals surface area contributed by atoms with Crippen molar-refractivity contribution >= 4 is 0 Å². The maximum absolute atomic E-state index is 5.75. The molecule has 0 aromatic heterocycles. The average molecular weight is 156 g/mol. The van der Waals surface area contributed by atoms with Crippen molar-refractivity contribution in [3.8, 4) is 0 Å². The van der Waals surface area contributed by atoms with Crippen LogP contribution in [0.5, 0.6) is 0 Å². The second-order valence-electron chi connectivity index (χ2n) is 4.15. The van der Waals surface area contributed by atoms with E-state index in [1.165, 1.54) is 0 Å². The van der Waals surface area contributed by atoms with Gasteiger partial charge in [0.05, 0.1) is 24.4 Å². The van der Waals surface area contributed by atoms with Gasteiger partial charge in [-0.2, -0.15) is 0 Å². The predicted molar refractivity (Wildman–Crippen MR) is 42.5 cm³/mol. The van der Waals surface area contributed by atoms with E-state index in [-0.39, 0.29) is 11.2 Å². The largest absolute Gasteiger partial charge is 0.372 e. The first-order chi connectivity index (χ1) is 5.08. The topological polar surface area (TPSA) is 18.5 Å². The third kappa shape index (κ3) is 0.744. The maximum atomic E-state index is 5.75. The van der Waals surface area contributed by atoms with E-state index in [9.17, 15) is 0 Å². The summed E-state index contributed by atoms with van der Waals surface area (Å²) >= 11 is 0. The first-order valence-corrected chi connectivity index (χ1v) is 4.36. The molecule has 0 amide bonds. The summed E-state index contributed by atoms with van der Waals surface area (Å²) in [6.45, 7) is 8.27. The molecule has 0 radical (unpaired) electrons. The van der Waals surface area contributed by atoms with Gasteiger partial charge in [0, 0.05) is 12.3 Å². The molecule has 2 nitrogen and oxygen atoms in total. The maximum Gasteiger partial charge on any atom is 0.0988 e. The summed E-state index contributed by atoms with van der Waals surface area (Å²) in [6, 6.07) is 0. The zero-order valence-electron chi connectivity index (χ0n) is 7.52. The Labute approximate surface area is 67.9 Å². The summed E-state index contributed by atoms with van der Waals surface area (Å²) < 4.78 is 11.5. The van der Waals surface area contributed by atoms with E-state index in [0.29, 0.717) is 5.92 Å². The summed E-state index contributed by atoms with van der Waals surface area (Å²) in [5.74, 6) is 0.537. The highest BCUT2D eigenvalue weighted by atomic mass is 16.6. The fourth-order valence-electron chi connectivity index (χ4n) is 2.21. The second-order valence-corrected chi connectivity index (χ2v) is 4.15. The fourth-order valence-corrected chi connectivity index (χ4v) is 2.21. The van der Waals surface area contributed by atoms with Gasteiger partial charge in [0.2, 0.25) is 0 Å². The SMILES string of the molecule is C[C@@H]1CO[C@]2(C)CCO[C@]12C. The Morgan fingerprint density at radius 3 is 2.64 bits per heavy atom. The molecule has 2 rings (SSSR count). The molecule has 2 fully saturated rings. The molecule has 0 N–H and O–H groups in total. The first-order valence-electron chi connectivity index (χ1n) is 4.36. The normalized spacial score (nSPS) is 56.5. The first kappa shape index (κ1) is 7.56. The molecule has 2 heteroatoms. The van der Waals surface area contributed by atoms with Crippen LogP contribution >= 0.6 is 0 Å². The lowest BCUT2D eigenvalue weighted by atomic mass is 9.80. The van der Waals surface area contributed by atoms with Crippen molar-refractivity contribution in [1.29, 1.82) is 0 Å². The Balaban J connectivity index is 2.33. The summed E-state index contributed by atoms with van der Waals surface area (Å²) in [5.41, 5.74) is -0.0284. The zero-order valence-corrected chi connectivity index (χ0v) is 7.52. The van der Waals surface area contributed by atoms with Crippen molar-refractivity contribution in [1.82, 2.24) is 0 Å². The van der Waals surface area contributed by atoms with E-state index in [1.54, 1.807) is 0 Å². The van der Waals surface area contributed by atoms with Crippen molar-refractivity contribution in [3.05, 3.63) is 0 Å². The lowest BCUT2D eigenvalue weighted by molar-refractivity contribution is -0.0736. The van der Waals surface area contributed by atoms with E-state index < -0.39 is 0 Å². The Hall–Kier alpha value is -0.0800. The molecule has 64 valence electrons. The van der Waals surface area contributed by atoms with Crippen LogP contribution in [0.15, 0.2) is 0 Å². The zero-order chi connectivity index (χ0) is 8.11. The summed E-state index contributed by atoms with van der Waals surface area (Å²) in [4.78, 5) is 0. The number of hydrogen-bond acceptors (Lipinski definition) is 2. The van der Waals surface area contributed by atoms with Crippen molar-refractivity contribution in [2.45, 2.75) is 38.4 Å². The minimum absolute atomic E-state index is 0.00752. The van der Waals surface area contributed by atoms with Gasteiger partial charge in [0.15, 0.2) is 0 Å². The molecule has 0 saturated carbocycles. The van der Waals surface area contributed by atoms with Gasteiger partial charge in [-0.25, -0.2) is 0 Å². The smallest absolute Gasteiger partial charge is 0.0988 e. The molecule has 0 aromatic rings. The van der Waals surface area contributed by atoms with E-state index in [2.05, 4.69) is 20.8 Å². The van der Waals surface area contributed by atoms with Crippen LogP contribution < -0.4 is 0 Å². The third-order valence-corrected chi connectivity index (χ3v) is 3.62. The molecule has 2 aliphatic heterocycles. The van der Waals surface area contributed by atoms with Crippen LogP contribution in [0.2, 0.25) is 0 Å². The van der Waals surface area contributed by atoms with Gasteiger partial charge in [0.1, 0.15) is 0 Å². The van der Waals surface area contributed by atoms with Crippen LogP contribution in [0.4, 0.5) is 0 Å². The van der Waals surface area contributed by atoms with Gasteiger partial charge in [-0.3, -0.25) is 0 Å². The lowest BCUT2D eigenvalue weighted by Crippen LogP contribution is -2.45. The highest BCUT2D eigenvalue weighted by Crippen LogP contribution is 2.48. The van der Waals surface area contributed by atoms with Gasteiger partial charge >= 0.3 is 0 Å². The third-order valence-electron chi connectivity index (χ3n) is 3.62. The summed E-state index contributed by atoms with van der Waals surface area (Å²) in [6.07, 6.45) is 1.05. The monoisotopic (exact) mass is 156 g/mol. The van der Waals surface area contributed by atoms with E-state index in [1.807, 2.05) is 0 Å². The van der Waals surface area contributed by atoms with Crippen LogP contribution in [0.1, 0.15) is 27.2 Å². The van der Waals surface area contributed by atoms with Crippen molar-refractivity contribution in [2.24, 2.45) is 5.92 Å². The Morgan fingerprint density at radius 1 is 1.27 bits per heavy atom. The molecule has 0 unspecified atom stereocenters. The Bertz CT molecular complexity index is 180.